The maximum atomic E-state index is 11.2. The number of hydrogen-bond donors (Lipinski definition) is 0. The first-order chi connectivity index (χ1) is 13.2. The molecule has 2 nitrogen and oxygen atoms in total. The third kappa shape index (κ3) is 3.19. The first kappa shape index (κ1) is 17.0. The molecule has 0 saturated heterocycles. The fourth-order valence-electron chi connectivity index (χ4n) is 3.13. The maximum Gasteiger partial charge on any atom is 0.233 e. The normalized spacial score (nSPS) is 13.1. The van der Waals surface area contributed by atoms with Crippen LogP contribution < -0.4 is 4.74 Å². The highest BCUT2D eigenvalue weighted by Gasteiger charge is 2.11. The number of rotatable bonds is 0. The highest BCUT2D eigenvalue weighted by Crippen LogP contribution is 2.37. The number of carbonyl (C=O) groups is 1. The molecule has 0 bridgehead atoms. The second kappa shape index (κ2) is 6.80. The lowest BCUT2D eigenvalue weighted by Crippen LogP contribution is -2.04. The van der Waals surface area contributed by atoms with Crippen LogP contribution in [0.2, 0.25) is 0 Å². The van der Waals surface area contributed by atoms with Gasteiger partial charge >= 0.3 is 0 Å². The molecule has 132 valence electrons. The minimum absolute atomic E-state index is 0.140. The lowest BCUT2D eigenvalue weighted by atomic mass is 9.96. The van der Waals surface area contributed by atoms with Crippen LogP contribution in [0.25, 0.3) is 35.0 Å². The summed E-state index contributed by atoms with van der Waals surface area (Å²) in [5, 5.41) is 6.66. The number of carbonyl (C=O) groups excluding carboxylic acids is 1. The molecule has 1 aromatic carbocycles. The molecule has 4 aromatic heterocycles. The van der Waals surface area contributed by atoms with Crippen molar-refractivity contribution in [3.05, 3.63) is 73.9 Å². The molecule has 0 spiro atoms. The quantitative estimate of drug-likeness (QED) is 0.281. The average Bonchev–Trinajstić information content (AvgIpc) is 3.35. The molecule has 6 rings (SSSR count). The van der Waals surface area contributed by atoms with Crippen molar-refractivity contribution < 1.29 is 4.79 Å². The van der Waals surface area contributed by atoms with Crippen molar-refractivity contribution >= 4 is 86.1 Å². The van der Waals surface area contributed by atoms with E-state index in [1.165, 1.54) is 41.8 Å². The Labute approximate surface area is 170 Å². The molecule has 0 fully saturated rings. The number of thiophene rings is 3. The summed E-state index contributed by atoms with van der Waals surface area (Å²) in [6, 6.07) is 12.1. The zero-order valence-electron chi connectivity index (χ0n) is 13.9. The third-order valence-corrected chi connectivity index (χ3v) is 8.57. The summed E-state index contributed by atoms with van der Waals surface area (Å²) in [5.41, 5.74) is 2.35. The molecular weight excluding hydrogens is 412 g/mol. The summed E-state index contributed by atoms with van der Waals surface area (Å²) >= 11 is 6.54. The largest absolute Gasteiger partial charge is 0.294 e. The Morgan fingerprint density at radius 3 is 2.63 bits per heavy atom. The molecule has 0 amide bonds. The van der Waals surface area contributed by atoms with Gasteiger partial charge in [0.25, 0.3) is 0 Å². The van der Waals surface area contributed by atoms with Gasteiger partial charge in [0.15, 0.2) is 5.78 Å². The van der Waals surface area contributed by atoms with E-state index >= 15 is 0 Å². The standard InChI is InChI=1S/C12H8OS.C9H4OS3/c13-11-2-1-8-7-12-9(3-4-14-12)5-10(8)6-11;10-7-2-1-5-8-6(3-4-11-8)12-9(5)13-7/h1-5,7H,6H2;1-4H. The summed E-state index contributed by atoms with van der Waals surface area (Å²) in [4.78, 5) is 22.3. The average molecular weight is 425 g/mol. The molecule has 1 aliphatic carbocycles. The second-order valence-corrected chi connectivity index (χ2v) is 10.3. The number of benzene rings is 1. The van der Waals surface area contributed by atoms with Crippen LogP contribution >= 0.6 is 45.3 Å². The minimum Gasteiger partial charge on any atom is -0.294 e. The zero-order chi connectivity index (χ0) is 18.4. The van der Waals surface area contributed by atoms with Crippen molar-refractivity contribution in [1.29, 1.82) is 0 Å². The minimum atomic E-state index is 0.140. The number of ketones is 1. The monoisotopic (exact) mass is 424 g/mol. The summed E-state index contributed by atoms with van der Waals surface area (Å²) in [6.07, 6.45) is 4.14. The first-order valence-electron chi connectivity index (χ1n) is 8.28. The van der Waals surface area contributed by atoms with E-state index in [2.05, 4.69) is 35.0 Å². The Balaban J connectivity index is 0.000000119. The summed E-state index contributed by atoms with van der Waals surface area (Å²) in [5.74, 6) is 0.201. The van der Waals surface area contributed by atoms with Crippen molar-refractivity contribution in [2.75, 3.05) is 0 Å². The van der Waals surface area contributed by atoms with Gasteiger partial charge in [0, 0.05) is 21.2 Å². The lowest BCUT2D eigenvalue weighted by molar-refractivity contribution is -0.114. The van der Waals surface area contributed by atoms with Crippen LogP contribution in [0.5, 0.6) is 0 Å². The van der Waals surface area contributed by atoms with Crippen molar-refractivity contribution in [3.63, 3.8) is 0 Å². The van der Waals surface area contributed by atoms with Crippen LogP contribution in [0.4, 0.5) is 0 Å². The van der Waals surface area contributed by atoms with Crippen LogP contribution in [-0.2, 0) is 11.2 Å². The molecule has 0 atom stereocenters. The van der Waals surface area contributed by atoms with Crippen LogP contribution in [0.3, 0.4) is 0 Å². The van der Waals surface area contributed by atoms with E-state index in [0.717, 1.165) is 9.58 Å². The predicted molar refractivity (Wildman–Crippen MR) is 121 cm³/mol. The maximum absolute atomic E-state index is 11.2. The molecule has 0 radical (unpaired) electrons. The van der Waals surface area contributed by atoms with Gasteiger partial charge in [0.1, 0.15) is 0 Å². The van der Waals surface area contributed by atoms with E-state index < -0.39 is 0 Å². The molecule has 27 heavy (non-hydrogen) atoms. The van der Waals surface area contributed by atoms with Gasteiger partial charge in [-0.05, 0) is 69.7 Å². The lowest BCUT2D eigenvalue weighted by Gasteiger charge is -2.09. The summed E-state index contributed by atoms with van der Waals surface area (Å²) in [6.45, 7) is 0. The molecule has 4 heterocycles. The van der Waals surface area contributed by atoms with Gasteiger partial charge < -0.3 is 0 Å². The van der Waals surface area contributed by atoms with E-state index in [9.17, 15) is 9.59 Å². The molecule has 1 aliphatic rings. The van der Waals surface area contributed by atoms with E-state index in [4.69, 9.17) is 0 Å². The zero-order valence-corrected chi connectivity index (χ0v) is 17.2. The number of allylic oxidation sites excluding steroid dienone is 1. The van der Waals surface area contributed by atoms with E-state index in [0.29, 0.717) is 6.42 Å². The van der Waals surface area contributed by atoms with Crippen molar-refractivity contribution in [2.24, 2.45) is 0 Å². The van der Waals surface area contributed by atoms with Crippen LogP contribution in [0.1, 0.15) is 11.1 Å². The molecule has 6 heteroatoms. The topological polar surface area (TPSA) is 34.1 Å². The molecule has 0 N–H and O–H groups in total. The van der Waals surface area contributed by atoms with Crippen molar-refractivity contribution in [3.8, 4) is 0 Å². The Morgan fingerprint density at radius 1 is 0.815 bits per heavy atom. The van der Waals surface area contributed by atoms with E-state index in [-0.39, 0.29) is 10.5 Å². The summed E-state index contributed by atoms with van der Waals surface area (Å²) in [7, 11) is 0. The van der Waals surface area contributed by atoms with Gasteiger partial charge in [0.2, 0.25) is 4.74 Å². The van der Waals surface area contributed by atoms with E-state index in [1.54, 1.807) is 46.2 Å². The molecule has 5 aromatic rings. The highest BCUT2D eigenvalue weighted by molar-refractivity contribution is 7.42. The van der Waals surface area contributed by atoms with E-state index in [1.807, 2.05) is 12.1 Å². The summed E-state index contributed by atoms with van der Waals surface area (Å²) < 4.78 is 5.19. The van der Waals surface area contributed by atoms with Crippen molar-refractivity contribution in [2.45, 2.75) is 6.42 Å². The molecule has 0 unspecified atom stereocenters. The second-order valence-electron chi connectivity index (χ2n) is 6.16. The smallest absolute Gasteiger partial charge is 0.233 e. The van der Waals surface area contributed by atoms with Crippen LogP contribution in [0, 0.1) is 0 Å². The van der Waals surface area contributed by atoms with Crippen molar-refractivity contribution in [1.82, 2.24) is 0 Å². The van der Waals surface area contributed by atoms with Gasteiger partial charge in [-0.3, -0.25) is 9.59 Å². The third-order valence-electron chi connectivity index (χ3n) is 4.40. The molecule has 0 aliphatic heterocycles. The Kier molecular flexibility index (Phi) is 4.28. The fraction of sp³-hybridized carbons (Fsp3) is 0.0476. The molecule has 0 saturated carbocycles. The van der Waals surface area contributed by atoms with Crippen LogP contribution in [-0.4, -0.2) is 5.78 Å². The molecular formula is C21H12O2S4. The van der Waals surface area contributed by atoms with Gasteiger partial charge in [0.05, 0.1) is 8.71 Å². The Hall–Kier alpha value is -2.12. The Bertz CT molecular complexity index is 1390. The van der Waals surface area contributed by atoms with Gasteiger partial charge in [-0.2, -0.15) is 0 Å². The van der Waals surface area contributed by atoms with Gasteiger partial charge in [-0.15, -0.1) is 34.0 Å². The predicted octanol–water partition coefficient (Wildman–Crippen LogP) is 6.58. The van der Waals surface area contributed by atoms with Gasteiger partial charge in [-0.1, -0.05) is 17.4 Å². The first-order valence-corrected chi connectivity index (χ1v) is 11.7. The van der Waals surface area contributed by atoms with Gasteiger partial charge in [-0.25, -0.2) is 0 Å². The fourth-order valence-corrected chi connectivity index (χ4v) is 7.35. The SMILES string of the molecule is O=C1C=Cc2cc3sccc3cc2C1.O=c1ccc2c(s1)sc1ccsc12. The Morgan fingerprint density at radius 2 is 1.70 bits per heavy atom. The number of fused-ring (bicyclic) bond motifs is 5. The number of hydrogen-bond acceptors (Lipinski definition) is 6. The highest BCUT2D eigenvalue weighted by atomic mass is 32.2. The van der Waals surface area contributed by atoms with Crippen LogP contribution in [0.15, 0.2) is 58.0 Å².